The quantitative estimate of drug-likeness (QED) is 0.599. The van der Waals surface area contributed by atoms with Crippen molar-refractivity contribution in [2.75, 3.05) is 31.2 Å². The van der Waals surface area contributed by atoms with Crippen molar-refractivity contribution in [3.63, 3.8) is 0 Å². The Hall–Kier alpha value is -3.19. The van der Waals surface area contributed by atoms with Gasteiger partial charge in [-0.1, -0.05) is 47.6 Å². The summed E-state index contributed by atoms with van der Waals surface area (Å²) < 4.78 is 25.7. The number of carbonyl (C=O) groups is 1. The average Bonchev–Trinajstić information content (AvgIpc) is 3.57. The van der Waals surface area contributed by atoms with Gasteiger partial charge in [0.15, 0.2) is 0 Å². The van der Waals surface area contributed by atoms with Crippen LogP contribution in [0.4, 0.5) is 10.3 Å². The van der Waals surface area contributed by atoms with Crippen LogP contribution in [0.15, 0.2) is 59.1 Å². The smallest absolute Gasteiger partial charge is 0.257 e. The van der Waals surface area contributed by atoms with Crippen molar-refractivity contribution in [1.29, 1.82) is 0 Å². The molecular weight excluding hydrogens is 397 g/mol. The molecule has 1 aliphatic heterocycles. The van der Waals surface area contributed by atoms with Crippen LogP contribution in [0.1, 0.15) is 28.8 Å². The lowest BCUT2D eigenvalue weighted by molar-refractivity contribution is 0.0725. The Morgan fingerprint density at radius 3 is 2.48 bits per heavy atom. The summed E-state index contributed by atoms with van der Waals surface area (Å²) >= 11 is 0. The number of rotatable bonds is 6. The number of morpholine rings is 1. The van der Waals surface area contributed by atoms with Crippen molar-refractivity contribution < 1.29 is 18.4 Å². The highest BCUT2D eigenvalue weighted by Gasteiger charge is 2.36. The normalized spacial score (nSPS) is 16.4. The molecule has 1 saturated heterocycles. The van der Waals surface area contributed by atoms with Crippen LogP contribution >= 0.6 is 0 Å². The molecular formula is C24H24FN3O3. The van der Waals surface area contributed by atoms with E-state index >= 15 is 0 Å². The third-order valence-electron chi connectivity index (χ3n) is 5.79. The molecule has 1 aliphatic carbocycles. The summed E-state index contributed by atoms with van der Waals surface area (Å²) in [6.07, 6.45) is 1.83. The Kier molecular flexibility index (Phi) is 5.42. The molecule has 5 rings (SSSR count). The highest BCUT2D eigenvalue weighted by Crippen LogP contribution is 2.37. The van der Waals surface area contributed by atoms with Gasteiger partial charge in [0, 0.05) is 24.7 Å². The minimum absolute atomic E-state index is 0.0973. The molecule has 0 unspecified atom stereocenters. The minimum atomic E-state index is -0.500. The maximum Gasteiger partial charge on any atom is 0.257 e. The zero-order valence-electron chi connectivity index (χ0n) is 17.2. The fraction of sp³-hybridized carbons (Fsp3) is 0.333. The molecule has 1 aromatic heterocycles. The van der Waals surface area contributed by atoms with Gasteiger partial charge in [0.1, 0.15) is 11.5 Å². The second kappa shape index (κ2) is 8.51. The van der Waals surface area contributed by atoms with Crippen LogP contribution in [0.5, 0.6) is 0 Å². The number of hydrogen-bond donors (Lipinski definition) is 0. The van der Waals surface area contributed by atoms with E-state index in [9.17, 15) is 9.18 Å². The molecule has 1 amide bonds. The van der Waals surface area contributed by atoms with Crippen LogP contribution in [-0.4, -0.2) is 48.3 Å². The summed E-state index contributed by atoms with van der Waals surface area (Å²) in [4.78, 5) is 17.2. The van der Waals surface area contributed by atoms with Crippen LogP contribution in [-0.2, 0) is 11.3 Å². The van der Waals surface area contributed by atoms with Gasteiger partial charge in [0.25, 0.3) is 5.91 Å². The van der Waals surface area contributed by atoms with Crippen molar-refractivity contribution in [3.8, 4) is 11.3 Å². The standard InChI is InChI=1S/C24H24FN3O3/c25-21-9-5-4-8-19(21)23(29)28(18-10-11-18)16-20-22(17-6-2-1-3-7-17)26-31-24(20)27-12-14-30-15-13-27/h1-9,18H,10-16H2. The molecule has 2 aliphatic rings. The summed E-state index contributed by atoms with van der Waals surface area (Å²) in [6, 6.07) is 16.1. The van der Waals surface area contributed by atoms with E-state index in [4.69, 9.17) is 9.26 Å². The van der Waals surface area contributed by atoms with E-state index in [-0.39, 0.29) is 17.5 Å². The minimum Gasteiger partial charge on any atom is -0.378 e. The van der Waals surface area contributed by atoms with Crippen LogP contribution in [0.3, 0.4) is 0 Å². The van der Waals surface area contributed by atoms with Gasteiger partial charge < -0.3 is 19.1 Å². The molecule has 2 heterocycles. The average molecular weight is 421 g/mol. The molecule has 7 heteroatoms. The van der Waals surface area contributed by atoms with Crippen molar-refractivity contribution in [3.05, 3.63) is 71.5 Å². The van der Waals surface area contributed by atoms with Crippen LogP contribution in [0.25, 0.3) is 11.3 Å². The molecule has 2 aromatic carbocycles. The second-order valence-electron chi connectivity index (χ2n) is 7.92. The number of carbonyl (C=O) groups excluding carboxylic acids is 1. The monoisotopic (exact) mass is 421 g/mol. The van der Waals surface area contributed by atoms with Gasteiger partial charge in [0.05, 0.1) is 30.9 Å². The molecule has 0 bridgehead atoms. The first-order valence-corrected chi connectivity index (χ1v) is 10.6. The number of anilines is 1. The topological polar surface area (TPSA) is 58.8 Å². The van der Waals surface area contributed by atoms with E-state index in [1.165, 1.54) is 6.07 Å². The van der Waals surface area contributed by atoms with Gasteiger partial charge in [-0.2, -0.15) is 0 Å². The van der Waals surface area contributed by atoms with Gasteiger partial charge in [-0.05, 0) is 25.0 Å². The zero-order valence-corrected chi connectivity index (χ0v) is 17.2. The third-order valence-corrected chi connectivity index (χ3v) is 5.79. The molecule has 31 heavy (non-hydrogen) atoms. The lowest BCUT2D eigenvalue weighted by Crippen LogP contribution is -2.38. The highest BCUT2D eigenvalue weighted by atomic mass is 19.1. The van der Waals surface area contributed by atoms with Crippen molar-refractivity contribution in [1.82, 2.24) is 10.1 Å². The lowest BCUT2D eigenvalue weighted by atomic mass is 10.1. The van der Waals surface area contributed by atoms with Crippen LogP contribution in [0, 0.1) is 5.82 Å². The van der Waals surface area contributed by atoms with E-state index in [0.29, 0.717) is 44.4 Å². The Morgan fingerprint density at radius 1 is 1.06 bits per heavy atom. The molecule has 6 nitrogen and oxygen atoms in total. The first-order valence-electron chi connectivity index (χ1n) is 10.6. The van der Waals surface area contributed by atoms with E-state index in [0.717, 1.165) is 24.0 Å². The predicted molar refractivity (Wildman–Crippen MR) is 114 cm³/mol. The largest absolute Gasteiger partial charge is 0.378 e. The Labute approximate surface area is 180 Å². The van der Waals surface area contributed by atoms with Gasteiger partial charge in [-0.15, -0.1) is 0 Å². The maximum atomic E-state index is 14.4. The van der Waals surface area contributed by atoms with Crippen LogP contribution in [0.2, 0.25) is 0 Å². The molecule has 3 aromatic rings. The number of amides is 1. The number of nitrogens with zero attached hydrogens (tertiary/aromatic N) is 3. The molecule has 0 N–H and O–H groups in total. The number of benzene rings is 2. The summed E-state index contributed by atoms with van der Waals surface area (Å²) in [6.45, 7) is 2.93. The molecule has 0 radical (unpaired) electrons. The Balaban J connectivity index is 1.53. The first kappa shape index (κ1) is 19.8. The predicted octanol–water partition coefficient (Wildman–Crippen LogP) is 4.12. The number of ether oxygens (including phenoxy) is 1. The molecule has 1 saturated carbocycles. The van der Waals surface area contributed by atoms with E-state index < -0.39 is 5.82 Å². The number of hydrogen-bond acceptors (Lipinski definition) is 5. The SMILES string of the molecule is O=C(c1ccccc1F)N(Cc1c(-c2ccccc2)noc1N1CCOCC1)C1CC1. The first-order chi connectivity index (χ1) is 15.2. The van der Waals surface area contributed by atoms with E-state index in [1.807, 2.05) is 30.3 Å². The van der Waals surface area contributed by atoms with Gasteiger partial charge in [-0.25, -0.2) is 4.39 Å². The van der Waals surface area contributed by atoms with Gasteiger partial charge in [-0.3, -0.25) is 4.79 Å². The van der Waals surface area contributed by atoms with Crippen LogP contribution < -0.4 is 4.90 Å². The van der Waals surface area contributed by atoms with Crippen molar-refractivity contribution in [2.45, 2.75) is 25.4 Å². The van der Waals surface area contributed by atoms with Gasteiger partial charge in [0.2, 0.25) is 5.88 Å². The summed E-state index contributed by atoms with van der Waals surface area (Å²) in [5, 5.41) is 4.37. The van der Waals surface area contributed by atoms with Crippen molar-refractivity contribution in [2.24, 2.45) is 0 Å². The number of halogens is 1. The molecule has 2 fully saturated rings. The fourth-order valence-electron chi connectivity index (χ4n) is 3.99. The van der Waals surface area contributed by atoms with E-state index in [2.05, 4.69) is 10.1 Å². The Bertz CT molecular complexity index is 1060. The maximum absolute atomic E-state index is 14.4. The third kappa shape index (κ3) is 4.05. The zero-order chi connectivity index (χ0) is 21.2. The van der Waals surface area contributed by atoms with Gasteiger partial charge >= 0.3 is 0 Å². The summed E-state index contributed by atoms with van der Waals surface area (Å²) in [7, 11) is 0. The summed E-state index contributed by atoms with van der Waals surface area (Å²) in [5.41, 5.74) is 2.59. The second-order valence-corrected chi connectivity index (χ2v) is 7.92. The Morgan fingerprint density at radius 2 is 1.77 bits per heavy atom. The van der Waals surface area contributed by atoms with Crippen molar-refractivity contribution >= 4 is 11.8 Å². The summed E-state index contributed by atoms with van der Waals surface area (Å²) in [5.74, 6) is -0.136. The molecule has 160 valence electrons. The fourth-order valence-corrected chi connectivity index (χ4v) is 3.99. The number of aromatic nitrogens is 1. The van der Waals surface area contributed by atoms with E-state index in [1.54, 1.807) is 23.1 Å². The molecule has 0 atom stereocenters. The highest BCUT2D eigenvalue weighted by molar-refractivity contribution is 5.95. The molecule has 0 spiro atoms. The lowest BCUT2D eigenvalue weighted by Gasteiger charge is -2.28.